The van der Waals surface area contributed by atoms with Crippen LogP contribution in [0.3, 0.4) is 0 Å². The second-order valence-corrected chi connectivity index (χ2v) is 5.29. The molecule has 0 aliphatic carbocycles. The van der Waals surface area contributed by atoms with Crippen LogP contribution in [-0.2, 0) is 9.59 Å². The van der Waals surface area contributed by atoms with Crippen molar-refractivity contribution in [1.29, 1.82) is 0 Å². The van der Waals surface area contributed by atoms with E-state index in [4.69, 9.17) is 9.47 Å². The van der Waals surface area contributed by atoms with Gasteiger partial charge >= 0.3 is 0 Å². The Morgan fingerprint density at radius 1 is 1.30 bits per heavy atom. The Kier molecular flexibility index (Phi) is 7.05. The van der Waals surface area contributed by atoms with E-state index >= 15 is 0 Å². The van der Waals surface area contributed by atoms with Crippen LogP contribution in [0, 0.1) is 0 Å². The number of nitrogens with zero attached hydrogens (tertiary/aromatic N) is 1. The lowest BCUT2D eigenvalue weighted by Gasteiger charge is -2.18. The zero-order chi connectivity index (χ0) is 17.4. The number of nitrogens with one attached hydrogen (secondary N) is 1. The van der Waals surface area contributed by atoms with E-state index in [2.05, 4.69) is 5.32 Å². The smallest absolute Gasteiger partial charge is 0.260 e. The third-order valence-corrected chi connectivity index (χ3v) is 2.93. The number of benzene rings is 1. The zero-order valence-electron chi connectivity index (χ0n) is 13.8. The molecule has 23 heavy (non-hydrogen) atoms. The van der Waals surface area contributed by atoms with E-state index in [-0.39, 0.29) is 31.0 Å². The van der Waals surface area contributed by atoms with Crippen LogP contribution in [0.15, 0.2) is 18.2 Å². The van der Waals surface area contributed by atoms with Crippen molar-refractivity contribution in [3.8, 4) is 11.5 Å². The second kappa shape index (κ2) is 8.77. The molecule has 0 bridgehead atoms. The lowest BCUT2D eigenvalue weighted by molar-refractivity contribution is -0.136. The molecule has 1 rings (SSSR count). The van der Waals surface area contributed by atoms with Gasteiger partial charge in [0.15, 0.2) is 18.1 Å². The summed E-state index contributed by atoms with van der Waals surface area (Å²) in [7, 11) is 2.97. The van der Waals surface area contributed by atoms with Crippen molar-refractivity contribution in [3.05, 3.63) is 23.8 Å². The quantitative estimate of drug-likeness (QED) is 0.718. The van der Waals surface area contributed by atoms with Gasteiger partial charge in [0.25, 0.3) is 5.91 Å². The lowest BCUT2D eigenvalue weighted by Crippen LogP contribution is -2.42. The van der Waals surface area contributed by atoms with Crippen LogP contribution in [0.1, 0.15) is 24.2 Å². The number of hydrogen-bond donors (Lipinski definition) is 1. The predicted molar refractivity (Wildman–Crippen MR) is 84.8 cm³/mol. The molecule has 0 fully saturated rings. The first-order chi connectivity index (χ1) is 10.9. The van der Waals surface area contributed by atoms with Crippen molar-refractivity contribution >= 4 is 18.1 Å². The minimum Gasteiger partial charge on any atom is -0.493 e. The van der Waals surface area contributed by atoms with Crippen molar-refractivity contribution in [3.63, 3.8) is 0 Å². The molecule has 1 N–H and O–H groups in total. The van der Waals surface area contributed by atoms with Gasteiger partial charge in [-0.25, -0.2) is 0 Å². The van der Waals surface area contributed by atoms with Crippen LogP contribution < -0.4 is 14.8 Å². The van der Waals surface area contributed by atoms with Crippen LogP contribution in [0.2, 0.25) is 0 Å². The van der Waals surface area contributed by atoms with Gasteiger partial charge in [0.2, 0.25) is 5.91 Å². The Labute approximate surface area is 135 Å². The van der Waals surface area contributed by atoms with Crippen LogP contribution in [-0.4, -0.2) is 56.4 Å². The topological polar surface area (TPSA) is 84.9 Å². The molecule has 0 aliphatic heterocycles. The van der Waals surface area contributed by atoms with Crippen molar-refractivity contribution < 1.29 is 23.9 Å². The van der Waals surface area contributed by atoms with Crippen molar-refractivity contribution in [2.75, 3.05) is 27.3 Å². The number of aldehydes is 1. The summed E-state index contributed by atoms with van der Waals surface area (Å²) in [6, 6.07) is 4.66. The molecule has 0 spiro atoms. The molecule has 0 aliphatic rings. The molecule has 0 saturated carbocycles. The fourth-order valence-corrected chi connectivity index (χ4v) is 1.80. The Bertz CT molecular complexity index is 572. The van der Waals surface area contributed by atoms with Crippen LogP contribution in [0.5, 0.6) is 11.5 Å². The number of hydrogen-bond acceptors (Lipinski definition) is 5. The maximum Gasteiger partial charge on any atom is 0.260 e. The van der Waals surface area contributed by atoms with E-state index in [1.54, 1.807) is 12.1 Å². The maximum absolute atomic E-state index is 12.0. The monoisotopic (exact) mass is 322 g/mol. The molecule has 0 heterocycles. The molecule has 0 saturated heterocycles. The fraction of sp³-hybridized carbons (Fsp3) is 0.438. The molecule has 2 amide bonds. The van der Waals surface area contributed by atoms with Crippen LogP contribution in [0.25, 0.3) is 0 Å². The summed E-state index contributed by atoms with van der Waals surface area (Å²) in [4.78, 5) is 35.6. The minimum atomic E-state index is -0.342. The van der Waals surface area contributed by atoms with Crippen LogP contribution in [0.4, 0.5) is 0 Å². The minimum absolute atomic E-state index is 0.0165. The van der Waals surface area contributed by atoms with E-state index < -0.39 is 0 Å². The Hall–Kier alpha value is -2.57. The van der Waals surface area contributed by atoms with E-state index in [1.807, 2.05) is 13.8 Å². The molecule has 1 aromatic carbocycles. The zero-order valence-corrected chi connectivity index (χ0v) is 13.8. The number of carbonyl (C=O) groups is 3. The lowest BCUT2D eigenvalue weighted by atomic mass is 10.2. The first-order valence-electron chi connectivity index (χ1n) is 7.16. The average Bonchev–Trinajstić information content (AvgIpc) is 2.51. The first-order valence-corrected chi connectivity index (χ1v) is 7.16. The van der Waals surface area contributed by atoms with E-state index in [1.165, 1.54) is 25.1 Å². The largest absolute Gasteiger partial charge is 0.493 e. The molecular weight excluding hydrogens is 300 g/mol. The molecule has 0 atom stereocenters. The van der Waals surface area contributed by atoms with Gasteiger partial charge in [0.1, 0.15) is 6.29 Å². The SMILES string of the molecule is COc1cc(C=O)ccc1OCC(=O)N(C)CC(=O)NC(C)C. The molecule has 0 unspecified atom stereocenters. The summed E-state index contributed by atoms with van der Waals surface area (Å²) in [5.74, 6) is 0.142. The summed E-state index contributed by atoms with van der Waals surface area (Å²) >= 11 is 0. The number of amides is 2. The van der Waals surface area contributed by atoms with Crippen molar-refractivity contribution in [2.24, 2.45) is 0 Å². The summed E-state index contributed by atoms with van der Waals surface area (Å²) in [5.41, 5.74) is 0.447. The van der Waals surface area contributed by atoms with Gasteiger partial charge in [-0.2, -0.15) is 0 Å². The fourth-order valence-electron chi connectivity index (χ4n) is 1.80. The van der Waals surface area contributed by atoms with Gasteiger partial charge in [0, 0.05) is 18.7 Å². The third-order valence-electron chi connectivity index (χ3n) is 2.93. The Morgan fingerprint density at radius 2 is 2.00 bits per heavy atom. The van der Waals surface area contributed by atoms with Gasteiger partial charge in [-0.1, -0.05) is 0 Å². The number of likely N-dealkylation sites (N-methyl/N-ethyl adjacent to an activating group) is 1. The molecule has 7 heteroatoms. The summed E-state index contributed by atoms with van der Waals surface area (Å²) in [5, 5.41) is 2.71. The second-order valence-electron chi connectivity index (χ2n) is 5.29. The molecule has 0 radical (unpaired) electrons. The standard InChI is InChI=1S/C16H22N2O5/c1-11(2)17-15(20)8-18(3)16(21)10-23-13-6-5-12(9-19)7-14(13)22-4/h5-7,9,11H,8,10H2,1-4H3,(H,17,20). The first kappa shape index (κ1) is 18.5. The summed E-state index contributed by atoms with van der Waals surface area (Å²) in [6.45, 7) is 3.42. The molecule has 126 valence electrons. The highest BCUT2D eigenvalue weighted by atomic mass is 16.5. The van der Waals surface area contributed by atoms with Crippen molar-refractivity contribution in [2.45, 2.75) is 19.9 Å². The highest BCUT2D eigenvalue weighted by molar-refractivity contribution is 5.85. The van der Waals surface area contributed by atoms with Gasteiger partial charge in [-0.3, -0.25) is 14.4 Å². The van der Waals surface area contributed by atoms with Gasteiger partial charge in [-0.15, -0.1) is 0 Å². The average molecular weight is 322 g/mol. The molecule has 1 aromatic rings. The molecule has 7 nitrogen and oxygen atoms in total. The van der Waals surface area contributed by atoms with E-state index in [0.717, 1.165) is 0 Å². The Balaban J connectivity index is 2.58. The van der Waals surface area contributed by atoms with Gasteiger partial charge < -0.3 is 19.7 Å². The number of carbonyl (C=O) groups excluding carboxylic acids is 3. The number of rotatable bonds is 8. The number of methoxy groups -OCH3 is 1. The van der Waals surface area contributed by atoms with E-state index in [0.29, 0.717) is 23.3 Å². The van der Waals surface area contributed by atoms with E-state index in [9.17, 15) is 14.4 Å². The summed E-state index contributed by atoms with van der Waals surface area (Å²) < 4.78 is 10.5. The van der Waals surface area contributed by atoms with Crippen molar-refractivity contribution in [1.82, 2.24) is 10.2 Å². The number of ether oxygens (including phenoxy) is 2. The van der Waals surface area contributed by atoms with Gasteiger partial charge in [0.05, 0.1) is 13.7 Å². The predicted octanol–water partition coefficient (Wildman–Crippen LogP) is 0.869. The van der Waals surface area contributed by atoms with Gasteiger partial charge in [-0.05, 0) is 32.0 Å². The molecule has 0 aromatic heterocycles. The van der Waals surface area contributed by atoms with Crippen LogP contribution >= 0.6 is 0 Å². The highest BCUT2D eigenvalue weighted by Gasteiger charge is 2.15. The summed E-state index contributed by atoms with van der Waals surface area (Å²) in [6.07, 6.45) is 0.693. The Morgan fingerprint density at radius 3 is 2.57 bits per heavy atom. The normalized spacial score (nSPS) is 10.1. The molecular formula is C16H22N2O5. The maximum atomic E-state index is 12.0. The third kappa shape index (κ3) is 5.98. The highest BCUT2D eigenvalue weighted by Crippen LogP contribution is 2.27.